The van der Waals surface area contributed by atoms with Crippen molar-refractivity contribution in [1.29, 1.82) is 0 Å². The van der Waals surface area contributed by atoms with Gasteiger partial charge in [0, 0.05) is 16.6 Å². The summed E-state index contributed by atoms with van der Waals surface area (Å²) in [6.07, 6.45) is 0.539. The van der Waals surface area contributed by atoms with Crippen LogP contribution in [0, 0.1) is 12.7 Å². The van der Waals surface area contributed by atoms with Crippen molar-refractivity contribution in [3.8, 4) is 16.9 Å². The molecule has 6 heteroatoms. The van der Waals surface area contributed by atoms with Crippen LogP contribution in [0.2, 0.25) is 0 Å². The molecule has 0 bridgehead atoms. The molecule has 0 saturated carbocycles. The third-order valence-electron chi connectivity index (χ3n) is 5.33. The van der Waals surface area contributed by atoms with E-state index in [4.69, 9.17) is 9.47 Å². The Bertz CT molecular complexity index is 1170. The van der Waals surface area contributed by atoms with Crippen LogP contribution in [0.4, 0.5) is 4.39 Å². The van der Waals surface area contributed by atoms with E-state index in [2.05, 4.69) is 4.98 Å². The molecule has 2 aromatic carbocycles. The zero-order chi connectivity index (χ0) is 22.3. The minimum Gasteiger partial charge on any atom is -0.493 e. The van der Waals surface area contributed by atoms with Crippen molar-refractivity contribution in [2.75, 3.05) is 6.61 Å². The fourth-order valence-electron chi connectivity index (χ4n) is 4.11. The minimum atomic E-state index is -1.25. The van der Waals surface area contributed by atoms with Gasteiger partial charge in [-0.25, -0.2) is 9.18 Å². The third kappa shape index (κ3) is 4.26. The second-order valence-corrected chi connectivity index (χ2v) is 8.87. The predicted molar refractivity (Wildman–Crippen MR) is 117 cm³/mol. The van der Waals surface area contributed by atoms with Gasteiger partial charge in [-0.05, 0) is 87.6 Å². The van der Waals surface area contributed by atoms with E-state index in [-0.39, 0.29) is 0 Å². The lowest BCUT2D eigenvalue weighted by Gasteiger charge is -2.28. The molecular weight excluding hydrogens is 397 g/mol. The zero-order valence-electron chi connectivity index (χ0n) is 18.2. The second kappa shape index (κ2) is 7.93. The van der Waals surface area contributed by atoms with Crippen LogP contribution in [-0.4, -0.2) is 28.3 Å². The number of rotatable bonds is 4. The van der Waals surface area contributed by atoms with Crippen LogP contribution in [0.1, 0.15) is 50.1 Å². The number of halogens is 1. The summed E-state index contributed by atoms with van der Waals surface area (Å²) in [5.41, 5.74) is 3.37. The van der Waals surface area contributed by atoms with Gasteiger partial charge in [0.05, 0.1) is 17.7 Å². The average Bonchev–Trinajstić information content (AvgIpc) is 2.70. The highest BCUT2D eigenvalue weighted by atomic mass is 19.1. The summed E-state index contributed by atoms with van der Waals surface area (Å²) in [6, 6.07) is 10.2. The normalized spacial score (nSPS) is 14.7. The van der Waals surface area contributed by atoms with E-state index < -0.39 is 23.5 Å². The number of pyridine rings is 1. The van der Waals surface area contributed by atoms with Gasteiger partial charge >= 0.3 is 5.97 Å². The Kier molecular flexibility index (Phi) is 5.43. The van der Waals surface area contributed by atoms with Crippen molar-refractivity contribution >= 4 is 16.9 Å². The fraction of sp³-hybridized carbons (Fsp3) is 0.360. The number of aliphatic carboxylic acids is 1. The summed E-state index contributed by atoms with van der Waals surface area (Å²) >= 11 is 0. The minimum absolute atomic E-state index is 0.407. The summed E-state index contributed by atoms with van der Waals surface area (Å²) in [4.78, 5) is 16.9. The first kappa shape index (κ1) is 21.2. The Labute approximate surface area is 180 Å². The van der Waals surface area contributed by atoms with E-state index in [9.17, 15) is 14.3 Å². The first-order valence-corrected chi connectivity index (χ1v) is 10.4. The number of hydrogen-bond donors (Lipinski definition) is 1. The fourth-order valence-corrected chi connectivity index (χ4v) is 4.11. The summed E-state index contributed by atoms with van der Waals surface area (Å²) in [6.45, 7) is 7.87. The molecule has 0 amide bonds. The number of carboxylic acid groups (broad SMARTS) is 1. The van der Waals surface area contributed by atoms with Crippen molar-refractivity contribution in [3.63, 3.8) is 0 Å². The molecule has 0 aliphatic carbocycles. The molecule has 1 aromatic heterocycles. The number of hydrogen-bond acceptors (Lipinski definition) is 4. The predicted octanol–water partition coefficient (Wildman–Crippen LogP) is 5.62. The molecular formula is C25H26FNO4. The number of ether oxygens (including phenoxy) is 2. The molecule has 0 saturated heterocycles. The van der Waals surface area contributed by atoms with Gasteiger partial charge in [0.1, 0.15) is 11.6 Å². The van der Waals surface area contributed by atoms with Crippen LogP contribution in [-0.2, 0) is 16.0 Å². The van der Waals surface area contributed by atoms with Crippen LogP contribution < -0.4 is 4.74 Å². The Morgan fingerprint density at radius 3 is 2.71 bits per heavy atom. The first-order chi connectivity index (χ1) is 14.6. The number of aryl methyl sites for hydroxylation is 2. The van der Waals surface area contributed by atoms with E-state index in [0.717, 1.165) is 29.7 Å². The summed E-state index contributed by atoms with van der Waals surface area (Å²) in [7, 11) is 0. The lowest BCUT2D eigenvalue weighted by molar-refractivity contribution is -0.160. The Morgan fingerprint density at radius 2 is 2.00 bits per heavy atom. The maximum atomic E-state index is 14.3. The first-order valence-electron chi connectivity index (χ1n) is 10.4. The molecule has 1 aliphatic rings. The molecule has 2 heterocycles. The van der Waals surface area contributed by atoms with Crippen molar-refractivity contribution < 1.29 is 23.8 Å². The van der Waals surface area contributed by atoms with Crippen LogP contribution in [0.3, 0.4) is 0 Å². The van der Waals surface area contributed by atoms with Gasteiger partial charge in [0.15, 0.2) is 6.10 Å². The van der Waals surface area contributed by atoms with Gasteiger partial charge in [-0.15, -0.1) is 0 Å². The molecule has 0 fully saturated rings. The maximum Gasteiger partial charge on any atom is 0.337 e. The molecule has 3 aromatic rings. The van der Waals surface area contributed by atoms with E-state index >= 15 is 0 Å². The second-order valence-electron chi connectivity index (χ2n) is 8.87. The Hall–Kier alpha value is -2.99. The molecule has 1 aliphatic heterocycles. The molecule has 1 N–H and O–H groups in total. The molecule has 0 unspecified atom stereocenters. The molecule has 4 rings (SSSR count). The molecule has 0 spiro atoms. The Morgan fingerprint density at radius 1 is 1.23 bits per heavy atom. The average molecular weight is 423 g/mol. The third-order valence-corrected chi connectivity index (χ3v) is 5.33. The number of fused-ring (bicyclic) bond motifs is 2. The Balaban J connectivity index is 2.04. The van der Waals surface area contributed by atoms with Crippen molar-refractivity contribution in [3.05, 3.63) is 59.0 Å². The van der Waals surface area contributed by atoms with E-state index in [0.29, 0.717) is 34.3 Å². The molecule has 31 heavy (non-hydrogen) atoms. The molecule has 162 valence electrons. The largest absolute Gasteiger partial charge is 0.493 e. The molecule has 1 atom stereocenters. The van der Waals surface area contributed by atoms with Gasteiger partial charge in [0.2, 0.25) is 0 Å². The standard InChI is InChI=1S/C25H26FNO4/c1-14-21(23(24(28)29)31-25(2,3)4)22(18-13-17(26)8-9-19(18)27-14)16-7-10-20-15(12-16)6-5-11-30-20/h7-10,12-13,23H,5-6,11H2,1-4H3,(H,28,29)/t23-/m0/s1. The van der Waals surface area contributed by atoms with Gasteiger partial charge in [-0.1, -0.05) is 6.07 Å². The zero-order valence-corrected chi connectivity index (χ0v) is 18.2. The van der Waals surface area contributed by atoms with E-state index in [1.54, 1.807) is 13.0 Å². The quantitative estimate of drug-likeness (QED) is 0.590. The van der Waals surface area contributed by atoms with E-state index in [1.165, 1.54) is 12.1 Å². The lowest BCUT2D eigenvalue weighted by atomic mass is 9.89. The summed E-state index contributed by atoms with van der Waals surface area (Å²) in [5.74, 6) is -0.688. The molecule has 5 nitrogen and oxygen atoms in total. The monoisotopic (exact) mass is 423 g/mol. The van der Waals surface area contributed by atoms with Crippen molar-refractivity contribution in [1.82, 2.24) is 4.98 Å². The maximum absolute atomic E-state index is 14.3. The van der Waals surface area contributed by atoms with Crippen molar-refractivity contribution in [2.24, 2.45) is 0 Å². The van der Waals surface area contributed by atoms with Crippen LogP contribution >= 0.6 is 0 Å². The van der Waals surface area contributed by atoms with Gasteiger partial charge in [0.25, 0.3) is 0 Å². The smallest absolute Gasteiger partial charge is 0.337 e. The summed E-state index contributed by atoms with van der Waals surface area (Å²) < 4.78 is 26.0. The van der Waals surface area contributed by atoms with Gasteiger partial charge < -0.3 is 14.6 Å². The highest BCUT2D eigenvalue weighted by Gasteiger charge is 2.32. The number of carbonyl (C=O) groups is 1. The highest BCUT2D eigenvalue weighted by Crippen LogP contribution is 2.41. The van der Waals surface area contributed by atoms with Crippen molar-refractivity contribution in [2.45, 2.75) is 52.2 Å². The van der Waals surface area contributed by atoms with Crippen LogP contribution in [0.25, 0.3) is 22.0 Å². The number of benzene rings is 2. The lowest BCUT2D eigenvalue weighted by Crippen LogP contribution is -2.28. The van der Waals surface area contributed by atoms with Gasteiger partial charge in [-0.2, -0.15) is 0 Å². The summed E-state index contributed by atoms with van der Waals surface area (Å²) in [5, 5.41) is 10.6. The van der Waals surface area contributed by atoms with Gasteiger partial charge in [-0.3, -0.25) is 4.98 Å². The molecule has 0 radical (unpaired) electrons. The SMILES string of the molecule is Cc1nc2ccc(F)cc2c(-c2ccc3c(c2)CCCO3)c1[C@H](OC(C)(C)C)C(=O)O. The number of aromatic nitrogens is 1. The highest BCUT2D eigenvalue weighted by molar-refractivity contribution is 5.98. The van der Waals surface area contributed by atoms with Crippen LogP contribution in [0.15, 0.2) is 36.4 Å². The number of carboxylic acids is 1. The van der Waals surface area contributed by atoms with E-state index in [1.807, 2.05) is 39.0 Å². The number of nitrogens with zero attached hydrogens (tertiary/aromatic N) is 1. The van der Waals surface area contributed by atoms with Crippen LogP contribution in [0.5, 0.6) is 5.75 Å². The topological polar surface area (TPSA) is 68.7 Å².